The predicted octanol–water partition coefficient (Wildman–Crippen LogP) is 2.16. The van der Waals surface area contributed by atoms with E-state index in [-0.39, 0.29) is 11.3 Å². The van der Waals surface area contributed by atoms with Crippen LogP contribution in [0, 0.1) is 11.3 Å². The van der Waals surface area contributed by atoms with Crippen molar-refractivity contribution >= 4 is 5.69 Å². The fraction of sp³-hybridized carbons (Fsp3) is 0.364. The summed E-state index contributed by atoms with van der Waals surface area (Å²) in [6.07, 6.45) is -4.68. The van der Waals surface area contributed by atoms with Crippen LogP contribution < -0.4 is 10.9 Å². The summed E-state index contributed by atoms with van der Waals surface area (Å²) < 4.78 is 43.2. The summed E-state index contributed by atoms with van der Waals surface area (Å²) in [6.45, 7) is 0.812. The van der Waals surface area contributed by atoms with Gasteiger partial charge in [0, 0.05) is 7.11 Å². The Morgan fingerprint density at radius 3 is 2.44 bits per heavy atom. The minimum Gasteiger partial charge on any atom is -0.350 e. The van der Waals surface area contributed by atoms with Crippen molar-refractivity contribution < 1.29 is 17.9 Å². The molecule has 0 spiro atoms. The van der Waals surface area contributed by atoms with Gasteiger partial charge in [0.15, 0.2) is 0 Å². The van der Waals surface area contributed by atoms with Crippen LogP contribution in [-0.2, 0) is 4.74 Å². The van der Waals surface area contributed by atoms with E-state index >= 15 is 0 Å². The number of alkyl halides is 3. The van der Waals surface area contributed by atoms with Gasteiger partial charge in [-0.3, -0.25) is 5.01 Å². The van der Waals surface area contributed by atoms with Gasteiger partial charge in [-0.2, -0.15) is 18.4 Å². The van der Waals surface area contributed by atoms with Crippen LogP contribution in [0.3, 0.4) is 0 Å². The van der Waals surface area contributed by atoms with E-state index in [4.69, 9.17) is 11.1 Å². The maximum Gasteiger partial charge on any atom is 0.437 e. The Morgan fingerprint density at radius 1 is 1.39 bits per heavy atom. The fourth-order valence-electron chi connectivity index (χ4n) is 1.32. The lowest BCUT2D eigenvalue weighted by molar-refractivity contribution is -0.262. The molecule has 1 aromatic rings. The first-order valence-electron chi connectivity index (χ1n) is 4.93. The van der Waals surface area contributed by atoms with Crippen molar-refractivity contribution in [2.24, 2.45) is 5.84 Å². The highest BCUT2D eigenvalue weighted by Gasteiger charge is 2.56. The second-order valence-electron chi connectivity index (χ2n) is 3.72. The summed E-state index contributed by atoms with van der Waals surface area (Å²) >= 11 is 0. The van der Waals surface area contributed by atoms with Crippen LogP contribution in [-0.4, -0.2) is 19.0 Å². The highest BCUT2D eigenvalue weighted by molar-refractivity contribution is 5.52. The highest BCUT2D eigenvalue weighted by atomic mass is 19.4. The van der Waals surface area contributed by atoms with Crippen molar-refractivity contribution in [1.82, 2.24) is 0 Å². The summed E-state index contributed by atoms with van der Waals surface area (Å²) in [6, 6.07) is 7.36. The number of hydrogen-bond acceptors (Lipinski definition) is 4. The Hall–Kier alpha value is -1.78. The van der Waals surface area contributed by atoms with Gasteiger partial charge in [-0.1, -0.05) is 6.07 Å². The van der Waals surface area contributed by atoms with Crippen molar-refractivity contribution in [3.63, 3.8) is 0 Å². The number of rotatable bonds is 3. The Bertz CT molecular complexity index is 469. The van der Waals surface area contributed by atoms with Gasteiger partial charge in [-0.05, 0) is 25.1 Å². The van der Waals surface area contributed by atoms with Crippen molar-refractivity contribution in [1.29, 1.82) is 5.26 Å². The average Bonchev–Trinajstić information content (AvgIpc) is 2.35. The molecule has 1 aromatic carbocycles. The Kier molecular flexibility index (Phi) is 3.84. The summed E-state index contributed by atoms with van der Waals surface area (Å²) in [7, 11) is 0.918. The van der Waals surface area contributed by atoms with Gasteiger partial charge in [-0.15, -0.1) is 0 Å². The molecule has 98 valence electrons. The monoisotopic (exact) mass is 259 g/mol. The van der Waals surface area contributed by atoms with E-state index in [1.165, 1.54) is 24.3 Å². The number of nitrogens with zero attached hydrogens (tertiary/aromatic N) is 2. The van der Waals surface area contributed by atoms with Gasteiger partial charge >= 0.3 is 6.18 Å². The lowest BCUT2D eigenvalue weighted by Crippen LogP contribution is -2.61. The molecule has 0 aromatic heterocycles. The summed E-state index contributed by atoms with van der Waals surface area (Å²) in [4.78, 5) is 0. The van der Waals surface area contributed by atoms with Crippen molar-refractivity contribution in [3.8, 4) is 6.07 Å². The van der Waals surface area contributed by atoms with E-state index in [0.29, 0.717) is 5.01 Å². The summed E-state index contributed by atoms with van der Waals surface area (Å²) in [5, 5.41) is 9.15. The first-order valence-corrected chi connectivity index (χ1v) is 4.93. The topological polar surface area (TPSA) is 62.3 Å². The molecule has 0 heterocycles. The molecule has 1 rings (SSSR count). The molecule has 0 radical (unpaired) electrons. The first kappa shape index (κ1) is 14.3. The van der Waals surface area contributed by atoms with Gasteiger partial charge in [0.2, 0.25) is 5.72 Å². The van der Waals surface area contributed by atoms with Crippen LogP contribution in [0.25, 0.3) is 0 Å². The third kappa shape index (κ3) is 2.39. The molecule has 0 aliphatic rings. The molecule has 0 saturated heterocycles. The summed E-state index contributed by atoms with van der Waals surface area (Å²) in [5.41, 5.74) is -2.42. The molecule has 1 unspecified atom stereocenters. The van der Waals surface area contributed by atoms with Crippen LogP contribution in [0.1, 0.15) is 12.5 Å². The number of methoxy groups -OCH3 is 1. The van der Waals surface area contributed by atoms with Crippen LogP contribution in [0.4, 0.5) is 18.9 Å². The first-order chi connectivity index (χ1) is 8.26. The SMILES string of the molecule is COC(C)(N(N)c1cccc(C#N)c1)C(F)(F)F. The van der Waals surface area contributed by atoms with Crippen molar-refractivity contribution in [3.05, 3.63) is 29.8 Å². The third-order valence-corrected chi connectivity index (χ3v) is 2.64. The summed E-state index contributed by atoms with van der Waals surface area (Å²) in [5.74, 6) is 5.47. The smallest absolute Gasteiger partial charge is 0.350 e. The van der Waals surface area contributed by atoms with E-state index < -0.39 is 11.9 Å². The maximum atomic E-state index is 12.9. The third-order valence-electron chi connectivity index (χ3n) is 2.64. The minimum atomic E-state index is -4.68. The molecule has 0 saturated carbocycles. The van der Waals surface area contributed by atoms with E-state index in [2.05, 4.69) is 4.74 Å². The molecule has 0 bridgehead atoms. The Balaban J connectivity index is 3.20. The van der Waals surface area contributed by atoms with E-state index in [9.17, 15) is 13.2 Å². The molecular formula is C11H12F3N3O. The molecule has 2 N–H and O–H groups in total. The molecule has 0 aliphatic carbocycles. The number of ether oxygens (including phenoxy) is 1. The number of hydrazine groups is 1. The number of benzene rings is 1. The minimum absolute atomic E-state index is 0.0377. The number of halogens is 3. The molecule has 0 fully saturated rings. The zero-order valence-electron chi connectivity index (χ0n) is 9.82. The zero-order chi connectivity index (χ0) is 14.0. The lowest BCUT2D eigenvalue weighted by Gasteiger charge is -2.39. The second kappa shape index (κ2) is 4.84. The number of nitriles is 1. The van der Waals surface area contributed by atoms with Gasteiger partial charge in [0.1, 0.15) is 0 Å². The number of hydrogen-bond donors (Lipinski definition) is 1. The molecule has 1 atom stereocenters. The zero-order valence-corrected chi connectivity index (χ0v) is 9.82. The second-order valence-corrected chi connectivity index (χ2v) is 3.72. The maximum absolute atomic E-state index is 12.9. The lowest BCUT2D eigenvalue weighted by atomic mass is 10.1. The largest absolute Gasteiger partial charge is 0.437 e. The Morgan fingerprint density at radius 2 is 2.00 bits per heavy atom. The highest BCUT2D eigenvalue weighted by Crippen LogP contribution is 2.36. The van der Waals surface area contributed by atoms with E-state index in [1.54, 1.807) is 0 Å². The number of anilines is 1. The van der Waals surface area contributed by atoms with Crippen molar-refractivity contribution in [2.45, 2.75) is 18.8 Å². The quantitative estimate of drug-likeness (QED) is 0.513. The van der Waals surface area contributed by atoms with Crippen LogP contribution in [0.2, 0.25) is 0 Å². The van der Waals surface area contributed by atoms with Gasteiger partial charge < -0.3 is 4.74 Å². The van der Waals surface area contributed by atoms with E-state index in [1.807, 2.05) is 6.07 Å². The van der Waals surface area contributed by atoms with Crippen LogP contribution in [0.5, 0.6) is 0 Å². The predicted molar refractivity (Wildman–Crippen MR) is 59.3 cm³/mol. The normalized spacial score (nSPS) is 14.7. The molecule has 0 aliphatic heterocycles. The molecule has 0 amide bonds. The van der Waals surface area contributed by atoms with Gasteiger partial charge in [0.25, 0.3) is 0 Å². The van der Waals surface area contributed by atoms with Crippen molar-refractivity contribution in [2.75, 3.05) is 12.1 Å². The van der Waals surface area contributed by atoms with Crippen LogP contribution in [0.15, 0.2) is 24.3 Å². The van der Waals surface area contributed by atoms with Gasteiger partial charge in [-0.25, -0.2) is 5.84 Å². The number of nitrogens with two attached hydrogens (primary N) is 1. The molecule has 7 heteroatoms. The fourth-order valence-corrected chi connectivity index (χ4v) is 1.32. The standard InChI is InChI=1S/C11H12F3N3O/c1-10(18-2,11(12,13)14)17(16)9-5-3-4-8(6-9)7-15/h3-6H,16H2,1-2H3. The Labute approximate surface area is 102 Å². The average molecular weight is 259 g/mol. The van der Waals surface area contributed by atoms with E-state index in [0.717, 1.165) is 14.0 Å². The van der Waals surface area contributed by atoms with Crippen LogP contribution >= 0.6 is 0 Å². The molecular weight excluding hydrogens is 247 g/mol. The van der Waals surface area contributed by atoms with Gasteiger partial charge in [0.05, 0.1) is 17.3 Å². The molecule has 18 heavy (non-hydrogen) atoms. The molecule has 4 nitrogen and oxygen atoms in total.